The third-order valence-electron chi connectivity index (χ3n) is 5.40. The van der Waals surface area contributed by atoms with Crippen LogP contribution in [0.25, 0.3) is 0 Å². The van der Waals surface area contributed by atoms with Gasteiger partial charge < -0.3 is 15.1 Å². The first kappa shape index (κ1) is 16.3. The first-order valence-corrected chi connectivity index (χ1v) is 8.69. The van der Waals surface area contributed by atoms with Crippen molar-refractivity contribution >= 4 is 11.8 Å². The van der Waals surface area contributed by atoms with E-state index in [1.165, 1.54) is 17.7 Å². The molecule has 0 aromatic heterocycles. The molecular formula is C17H26N4O2. The van der Waals surface area contributed by atoms with E-state index in [-0.39, 0.29) is 30.4 Å². The highest BCUT2D eigenvalue weighted by Crippen LogP contribution is 2.37. The van der Waals surface area contributed by atoms with Gasteiger partial charge in [-0.05, 0) is 43.9 Å². The highest BCUT2D eigenvalue weighted by atomic mass is 16.2. The van der Waals surface area contributed by atoms with E-state index in [1.807, 2.05) is 6.92 Å². The number of nitriles is 1. The molecule has 23 heavy (non-hydrogen) atoms. The van der Waals surface area contributed by atoms with E-state index in [1.54, 1.807) is 11.9 Å². The molecular weight excluding hydrogens is 292 g/mol. The lowest BCUT2D eigenvalue weighted by Crippen LogP contribution is -2.48. The summed E-state index contributed by atoms with van der Waals surface area (Å²) in [5.74, 6) is 0.985. The quantitative estimate of drug-likeness (QED) is 0.829. The van der Waals surface area contributed by atoms with Crippen LogP contribution in [0.5, 0.6) is 0 Å². The Labute approximate surface area is 137 Å². The molecule has 3 rings (SSSR count). The van der Waals surface area contributed by atoms with E-state index in [0.29, 0.717) is 18.5 Å². The number of rotatable bonds is 4. The summed E-state index contributed by atoms with van der Waals surface area (Å²) in [6, 6.07) is 2.19. The van der Waals surface area contributed by atoms with Crippen LogP contribution >= 0.6 is 0 Å². The molecule has 0 radical (unpaired) electrons. The maximum Gasteiger partial charge on any atom is 0.243 e. The highest BCUT2D eigenvalue weighted by Gasteiger charge is 2.40. The van der Waals surface area contributed by atoms with Gasteiger partial charge in [-0.2, -0.15) is 5.26 Å². The number of hydrogen-bond acceptors (Lipinski definition) is 4. The number of likely N-dealkylation sites (tertiary alicyclic amines) is 1. The van der Waals surface area contributed by atoms with Gasteiger partial charge in [-0.1, -0.05) is 6.92 Å². The summed E-state index contributed by atoms with van der Waals surface area (Å²) >= 11 is 0. The lowest BCUT2D eigenvalue weighted by Gasteiger charge is -2.25. The predicted octanol–water partition coefficient (Wildman–Crippen LogP) is 0.736. The van der Waals surface area contributed by atoms with Crippen LogP contribution in [0.4, 0.5) is 0 Å². The van der Waals surface area contributed by atoms with Crippen LogP contribution in [0.3, 0.4) is 0 Å². The van der Waals surface area contributed by atoms with Gasteiger partial charge in [0.05, 0.1) is 18.7 Å². The molecule has 0 aromatic carbocycles. The summed E-state index contributed by atoms with van der Waals surface area (Å²) in [4.78, 5) is 28.1. The predicted molar refractivity (Wildman–Crippen MR) is 85.2 cm³/mol. The zero-order valence-corrected chi connectivity index (χ0v) is 14.0. The first-order chi connectivity index (χ1) is 11.0. The van der Waals surface area contributed by atoms with Gasteiger partial charge in [0, 0.05) is 19.6 Å². The Morgan fingerprint density at radius 2 is 2.04 bits per heavy atom. The lowest BCUT2D eigenvalue weighted by atomic mass is 10.1. The third kappa shape index (κ3) is 3.50. The molecule has 0 aromatic rings. The Morgan fingerprint density at radius 1 is 1.30 bits per heavy atom. The van der Waals surface area contributed by atoms with Crippen molar-refractivity contribution < 1.29 is 9.59 Å². The number of hydrogen-bond donors (Lipinski definition) is 1. The van der Waals surface area contributed by atoms with Crippen molar-refractivity contribution in [1.82, 2.24) is 15.1 Å². The molecule has 2 saturated heterocycles. The minimum Gasteiger partial charge on any atom is -0.335 e. The van der Waals surface area contributed by atoms with E-state index < -0.39 is 0 Å². The molecule has 3 fully saturated rings. The van der Waals surface area contributed by atoms with Crippen molar-refractivity contribution in [3.63, 3.8) is 0 Å². The van der Waals surface area contributed by atoms with Crippen molar-refractivity contribution in [2.45, 2.75) is 57.2 Å². The van der Waals surface area contributed by atoms with Crippen LogP contribution in [0.2, 0.25) is 0 Å². The molecule has 2 heterocycles. The largest absolute Gasteiger partial charge is 0.335 e. The van der Waals surface area contributed by atoms with Crippen LogP contribution in [-0.2, 0) is 9.59 Å². The Hall–Kier alpha value is -1.61. The number of nitrogens with zero attached hydrogens (tertiary/aromatic N) is 3. The molecule has 3 aliphatic rings. The van der Waals surface area contributed by atoms with E-state index >= 15 is 0 Å². The Kier molecular flexibility index (Phi) is 4.58. The van der Waals surface area contributed by atoms with Gasteiger partial charge in [-0.3, -0.25) is 9.59 Å². The lowest BCUT2D eigenvalue weighted by molar-refractivity contribution is -0.140. The number of nitrogens with one attached hydrogen (secondary N) is 1. The molecule has 1 saturated carbocycles. The Bertz CT molecular complexity index is 525. The molecule has 0 bridgehead atoms. The molecule has 1 N–H and O–H groups in total. The summed E-state index contributed by atoms with van der Waals surface area (Å²) in [5.41, 5.74) is 0. The standard InChI is InChI=1S/C17H26N4O2/c1-11-7-13(8-18)21(9-11)16(22)10-20(2)17(23)15-6-5-14(19-15)12-3-4-12/h11-15,19H,3-7,9-10H2,1-2H3. The molecule has 4 unspecified atom stereocenters. The third-order valence-corrected chi connectivity index (χ3v) is 5.40. The first-order valence-electron chi connectivity index (χ1n) is 8.69. The van der Waals surface area contributed by atoms with E-state index in [2.05, 4.69) is 11.4 Å². The van der Waals surface area contributed by atoms with Crippen LogP contribution in [-0.4, -0.2) is 59.9 Å². The fourth-order valence-electron chi connectivity index (χ4n) is 3.92. The fraction of sp³-hybridized carbons (Fsp3) is 0.824. The van der Waals surface area contributed by atoms with Crippen molar-refractivity contribution in [1.29, 1.82) is 5.26 Å². The number of likely N-dealkylation sites (N-methyl/N-ethyl adjacent to an activating group) is 1. The summed E-state index contributed by atoms with van der Waals surface area (Å²) in [7, 11) is 1.69. The van der Waals surface area contributed by atoms with Crippen molar-refractivity contribution in [2.75, 3.05) is 20.1 Å². The zero-order chi connectivity index (χ0) is 16.6. The van der Waals surface area contributed by atoms with Crippen LogP contribution < -0.4 is 5.32 Å². The SMILES string of the molecule is CC1CC(C#N)N(C(=O)CN(C)C(=O)C2CCC(C3CC3)N2)C1. The zero-order valence-electron chi connectivity index (χ0n) is 14.0. The molecule has 6 nitrogen and oxygen atoms in total. The topological polar surface area (TPSA) is 76.4 Å². The molecule has 6 heteroatoms. The molecule has 1 aliphatic carbocycles. The summed E-state index contributed by atoms with van der Waals surface area (Å²) in [6.45, 7) is 2.73. The number of amides is 2. The minimum atomic E-state index is -0.343. The van der Waals surface area contributed by atoms with Gasteiger partial charge >= 0.3 is 0 Å². The van der Waals surface area contributed by atoms with Gasteiger partial charge in [0.1, 0.15) is 6.04 Å². The average Bonchev–Trinajstić information content (AvgIpc) is 3.13. The van der Waals surface area contributed by atoms with E-state index in [9.17, 15) is 14.9 Å². The molecule has 0 spiro atoms. The van der Waals surface area contributed by atoms with Crippen LogP contribution in [0.15, 0.2) is 0 Å². The van der Waals surface area contributed by atoms with Gasteiger partial charge in [0.2, 0.25) is 11.8 Å². The summed E-state index contributed by atoms with van der Waals surface area (Å²) in [5, 5.41) is 12.6. The monoisotopic (exact) mass is 318 g/mol. The normalized spacial score (nSPS) is 33.5. The van der Waals surface area contributed by atoms with Crippen molar-refractivity contribution in [3.8, 4) is 6.07 Å². The van der Waals surface area contributed by atoms with Gasteiger partial charge in [0.15, 0.2) is 0 Å². The maximum absolute atomic E-state index is 12.5. The Morgan fingerprint density at radius 3 is 2.70 bits per heavy atom. The van der Waals surface area contributed by atoms with Gasteiger partial charge in [-0.25, -0.2) is 0 Å². The number of carbonyl (C=O) groups is 2. The Balaban J connectivity index is 1.52. The average molecular weight is 318 g/mol. The van der Waals surface area contributed by atoms with Gasteiger partial charge in [0.25, 0.3) is 0 Å². The van der Waals surface area contributed by atoms with Crippen LogP contribution in [0, 0.1) is 23.2 Å². The second-order valence-corrected chi connectivity index (χ2v) is 7.47. The summed E-state index contributed by atoms with van der Waals surface area (Å²) < 4.78 is 0. The second-order valence-electron chi connectivity index (χ2n) is 7.47. The fourth-order valence-corrected chi connectivity index (χ4v) is 3.92. The maximum atomic E-state index is 12.5. The minimum absolute atomic E-state index is 0.00209. The van der Waals surface area contributed by atoms with Crippen molar-refractivity contribution in [2.24, 2.45) is 11.8 Å². The van der Waals surface area contributed by atoms with E-state index in [0.717, 1.165) is 25.2 Å². The highest BCUT2D eigenvalue weighted by molar-refractivity contribution is 5.88. The van der Waals surface area contributed by atoms with Crippen LogP contribution in [0.1, 0.15) is 39.0 Å². The van der Waals surface area contributed by atoms with E-state index in [4.69, 9.17) is 0 Å². The summed E-state index contributed by atoms with van der Waals surface area (Å²) in [6.07, 6.45) is 5.20. The van der Waals surface area contributed by atoms with Gasteiger partial charge in [-0.15, -0.1) is 0 Å². The smallest absolute Gasteiger partial charge is 0.243 e. The second kappa shape index (κ2) is 6.48. The van der Waals surface area contributed by atoms with Crippen molar-refractivity contribution in [3.05, 3.63) is 0 Å². The molecule has 4 atom stereocenters. The molecule has 2 aliphatic heterocycles. The number of carbonyl (C=O) groups excluding carboxylic acids is 2. The molecule has 2 amide bonds. The molecule has 126 valence electrons.